The zero-order valence-corrected chi connectivity index (χ0v) is 14.3. The molecule has 126 valence electrons. The molecule has 2 aromatic rings. The molecule has 1 fully saturated rings. The van der Waals surface area contributed by atoms with Crippen molar-refractivity contribution in [2.24, 2.45) is 0 Å². The third kappa shape index (κ3) is 2.53. The van der Waals surface area contributed by atoms with Crippen LogP contribution in [0, 0.1) is 13.8 Å². The lowest BCUT2D eigenvalue weighted by Crippen LogP contribution is -2.27. The predicted molar refractivity (Wildman–Crippen MR) is 90.8 cm³/mol. The molecule has 5 heteroatoms. The molecule has 0 saturated carbocycles. The Balaban J connectivity index is 1.60. The van der Waals surface area contributed by atoms with Gasteiger partial charge in [-0.25, -0.2) is 0 Å². The van der Waals surface area contributed by atoms with Crippen molar-refractivity contribution < 1.29 is 9.53 Å². The molecule has 2 aliphatic heterocycles. The first-order chi connectivity index (χ1) is 11.6. The van der Waals surface area contributed by atoms with E-state index < -0.39 is 0 Å². The molecule has 1 amide bonds. The maximum atomic E-state index is 13.0. The quantitative estimate of drug-likeness (QED) is 0.853. The van der Waals surface area contributed by atoms with E-state index in [0.717, 1.165) is 54.3 Å². The van der Waals surface area contributed by atoms with Gasteiger partial charge in [-0.1, -0.05) is 6.07 Å². The van der Waals surface area contributed by atoms with Gasteiger partial charge in [-0.3, -0.25) is 9.78 Å². The summed E-state index contributed by atoms with van der Waals surface area (Å²) in [5.74, 6) is 0.101. The molecule has 5 nitrogen and oxygen atoms in total. The first-order valence-corrected chi connectivity index (χ1v) is 8.63. The predicted octanol–water partition coefficient (Wildman–Crippen LogP) is 3.01. The molecule has 4 rings (SSSR count). The van der Waals surface area contributed by atoms with Gasteiger partial charge in [0.25, 0.3) is 5.91 Å². The normalized spacial score (nSPS) is 20.2. The van der Waals surface area contributed by atoms with Gasteiger partial charge in [0.2, 0.25) is 0 Å². The van der Waals surface area contributed by atoms with Gasteiger partial charge >= 0.3 is 0 Å². The van der Waals surface area contributed by atoms with E-state index >= 15 is 0 Å². The van der Waals surface area contributed by atoms with E-state index in [1.54, 1.807) is 6.20 Å². The first-order valence-electron chi connectivity index (χ1n) is 8.63. The number of aryl methyl sites for hydroxylation is 1. The van der Waals surface area contributed by atoms with E-state index in [0.29, 0.717) is 19.1 Å². The number of ether oxygens (including phenoxy) is 1. The fourth-order valence-electron chi connectivity index (χ4n) is 4.00. The third-order valence-electron chi connectivity index (χ3n) is 5.19. The highest BCUT2D eigenvalue weighted by Gasteiger charge is 2.29. The molecule has 1 saturated heterocycles. The number of hydrogen-bond acceptors (Lipinski definition) is 3. The van der Waals surface area contributed by atoms with Gasteiger partial charge in [0, 0.05) is 30.7 Å². The number of fused-ring (bicyclic) bond motifs is 1. The standard InChI is InChI=1S/C19H23N3O2/c1-13-9-17(14(2)22(13)16-6-4-8-24-12-16)19(23)21-10-15-5-3-7-20-18(15)11-21/h3,5,7,9,16H,4,6,8,10-12H2,1-2H3. The number of rotatable bonds is 2. The molecule has 2 aromatic heterocycles. The Morgan fingerprint density at radius 2 is 2.21 bits per heavy atom. The zero-order chi connectivity index (χ0) is 16.7. The van der Waals surface area contributed by atoms with Crippen molar-refractivity contribution in [1.82, 2.24) is 14.5 Å². The highest BCUT2D eigenvalue weighted by atomic mass is 16.5. The lowest BCUT2D eigenvalue weighted by Gasteiger charge is -2.26. The maximum absolute atomic E-state index is 13.0. The Morgan fingerprint density at radius 1 is 1.33 bits per heavy atom. The smallest absolute Gasteiger partial charge is 0.256 e. The van der Waals surface area contributed by atoms with Gasteiger partial charge in [-0.2, -0.15) is 0 Å². The molecule has 0 radical (unpaired) electrons. The minimum absolute atomic E-state index is 0.101. The van der Waals surface area contributed by atoms with Gasteiger partial charge in [0.05, 0.1) is 30.5 Å². The van der Waals surface area contributed by atoms with Crippen LogP contribution < -0.4 is 0 Å². The molecule has 24 heavy (non-hydrogen) atoms. The molecule has 4 heterocycles. The number of pyridine rings is 1. The number of hydrogen-bond donors (Lipinski definition) is 0. The van der Waals surface area contributed by atoms with Crippen LogP contribution in [0.3, 0.4) is 0 Å². The van der Waals surface area contributed by atoms with Crippen LogP contribution in [0.4, 0.5) is 0 Å². The summed E-state index contributed by atoms with van der Waals surface area (Å²) in [5.41, 5.74) is 5.17. The monoisotopic (exact) mass is 325 g/mol. The molecule has 0 aliphatic carbocycles. The Kier molecular flexibility index (Phi) is 3.88. The van der Waals surface area contributed by atoms with Gasteiger partial charge in [-0.05, 0) is 44.4 Å². The van der Waals surface area contributed by atoms with Gasteiger partial charge in [0.15, 0.2) is 0 Å². The second-order valence-corrected chi connectivity index (χ2v) is 6.80. The molecule has 2 aliphatic rings. The maximum Gasteiger partial charge on any atom is 0.256 e. The van der Waals surface area contributed by atoms with Crippen LogP contribution in [-0.2, 0) is 17.8 Å². The van der Waals surface area contributed by atoms with Crippen molar-refractivity contribution in [1.29, 1.82) is 0 Å². The van der Waals surface area contributed by atoms with Gasteiger partial charge < -0.3 is 14.2 Å². The minimum Gasteiger partial charge on any atom is -0.379 e. The van der Waals surface area contributed by atoms with Crippen LogP contribution in [0.2, 0.25) is 0 Å². The van der Waals surface area contributed by atoms with E-state index in [1.165, 1.54) is 0 Å². The van der Waals surface area contributed by atoms with Crippen LogP contribution in [0.5, 0.6) is 0 Å². The van der Waals surface area contributed by atoms with Crippen molar-refractivity contribution in [3.8, 4) is 0 Å². The van der Waals surface area contributed by atoms with Crippen LogP contribution in [0.25, 0.3) is 0 Å². The fourth-order valence-corrected chi connectivity index (χ4v) is 4.00. The summed E-state index contributed by atoms with van der Waals surface area (Å²) in [4.78, 5) is 19.3. The lowest BCUT2D eigenvalue weighted by molar-refractivity contribution is 0.0578. The number of aromatic nitrogens is 2. The van der Waals surface area contributed by atoms with E-state index in [1.807, 2.05) is 17.0 Å². The van der Waals surface area contributed by atoms with Crippen molar-refractivity contribution in [3.63, 3.8) is 0 Å². The Morgan fingerprint density at radius 3 is 2.96 bits per heavy atom. The number of amides is 1. The summed E-state index contributed by atoms with van der Waals surface area (Å²) in [6.07, 6.45) is 3.99. The topological polar surface area (TPSA) is 47.4 Å². The zero-order valence-electron chi connectivity index (χ0n) is 14.3. The van der Waals surface area contributed by atoms with E-state index in [2.05, 4.69) is 29.5 Å². The Hall–Kier alpha value is -2.14. The minimum atomic E-state index is 0.101. The van der Waals surface area contributed by atoms with Crippen molar-refractivity contribution in [2.45, 2.75) is 45.8 Å². The molecule has 1 atom stereocenters. The first kappa shape index (κ1) is 15.4. The second-order valence-electron chi connectivity index (χ2n) is 6.80. The number of carbonyl (C=O) groups excluding carboxylic acids is 1. The highest BCUT2D eigenvalue weighted by molar-refractivity contribution is 5.96. The third-order valence-corrected chi connectivity index (χ3v) is 5.19. The number of nitrogens with zero attached hydrogens (tertiary/aromatic N) is 3. The summed E-state index contributed by atoms with van der Waals surface area (Å²) in [6, 6.07) is 6.36. The van der Waals surface area contributed by atoms with Crippen LogP contribution in [0.1, 0.15) is 51.9 Å². The van der Waals surface area contributed by atoms with Crippen molar-refractivity contribution in [2.75, 3.05) is 13.2 Å². The van der Waals surface area contributed by atoms with Gasteiger partial charge in [0.1, 0.15) is 0 Å². The largest absolute Gasteiger partial charge is 0.379 e. The summed E-state index contributed by atoms with van der Waals surface area (Å²) in [5, 5.41) is 0. The van der Waals surface area contributed by atoms with Crippen molar-refractivity contribution in [3.05, 3.63) is 52.6 Å². The van der Waals surface area contributed by atoms with Crippen LogP contribution in [-0.4, -0.2) is 33.6 Å². The molecule has 0 bridgehead atoms. The van der Waals surface area contributed by atoms with E-state index in [4.69, 9.17) is 4.74 Å². The molecule has 0 spiro atoms. The van der Waals surface area contributed by atoms with Crippen LogP contribution >= 0.6 is 0 Å². The molecule has 1 unspecified atom stereocenters. The molecule has 0 N–H and O–H groups in total. The SMILES string of the molecule is Cc1cc(C(=O)N2Cc3cccnc3C2)c(C)n1C1CCCOC1. The lowest BCUT2D eigenvalue weighted by atomic mass is 10.1. The van der Waals surface area contributed by atoms with E-state index in [-0.39, 0.29) is 5.91 Å². The molecule has 0 aromatic carbocycles. The second kappa shape index (κ2) is 6.06. The fraction of sp³-hybridized carbons (Fsp3) is 0.474. The summed E-state index contributed by atoms with van der Waals surface area (Å²) >= 11 is 0. The number of carbonyl (C=O) groups is 1. The summed E-state index contributed by atoms with van der Waals surface area (Å²) in [6.45, 7) is 6.97. The van der Waals surface area contributed by atoms with Gasteiger partial charge in [-0.15, -0.1) is 0 Å². The van der Waals surface area contributed by atoms with Crippen molar-refractivity contribution >= 4 is 5.91 Å². The summed E-state index contributed by atoms with van der Waals surface area (Å²) in [7, 11) is 0. The highest BCUT2D eigenvalue weighted by Crippen LogP contribution is 2.29. The average molecular weight is 325 g/mol. The average Bonchev–Trinajstić information content (AvgIpc) is 3.16. The molecular formula is C19H23N3O2. The van der Waals surface area contributed by atoms with Crippen LogP contribution in [0.15, 0.2) is 24.4 Å². The Labute approximate surface area is 142 Å². The van der Waals surface area contributed by atoms with E-state index in [9.17, 15) is 4.79 Å². The Bertz CT molecular complexity index is 750. The summed E-state index contributed by atoms with van der Waals surface area (Å²) < 4.78 is 7.92. The molecular weight excluding hydrogens is 302 g/mol.